The van der Waals surface area contributed by atoms with E-state index in [2.05, 4.69) is 55.3 Å². The van der Waals surface area contributed by atoms with E-state index in [0.29, 0.717) is 13.1 Å². The first-order chi connectivity index (χ1) is 10.8. The average molecular weight is 330 g/mol. The van der Waals surface area contributed by atoms with Gasteiger partial charge in [-0.25, -0.2) is 4.98 Å². The third-order valence-electron chi connectivity index (χ3n) is 4.19. The summed E-state index contributed by atoms with van der Waals surface area (Å²) in [5, 5.41) is 12.1. The van der Waals surface area contributed by atoms with Gasteiger partial charge < -0.3 is 5.11 Å². The first kappa shape index (κ1) is 16.1. The molecule has 1 aliphatic heterocycles. The van der Waals surface area contributed by atoms with Crippen molar-refractivity contribution in [1.82, 2.24) is 9.88 Å². The van der Waals surface area contributed by atoms with Gasteiger partial charge in [-0.05, 0) is 5.56 Å². The molecule has 1 fully saturated rings. The Morgan fingerprint density at radius 1 is 1.30 bits per heavy atom. The molecule has 0 amide bonds. The fourth-order valence-corrected chi connectivity index (χ4v) is 3.67. The molecule has 23 heavy (non-hydrogen) atoms. The predicted octanol–water partition coefficient (Wildman–Crippen LogP) is 3.62. The van der Waals surface area contributed by atoms with Crippen LogP contribution in [0.5, 0.6) is 0 Å². The Labute approximate surface area is 140 Å². The Morgan fingerprint density at radius 2 is 1.96 bits per heavy atom. The van der Waals surface area contributed by atoms with Crippen LogP contribution < -0.4 is 0 Å². The summed E-state index contributed by atoms with van der Waals surface area (Å²) in [7, 11) is 0. The molecule has 0 atom stereocenters. The molecule has 1 saturated heterocycles. The predicted molar refractivity (Wildman–Crippen MR) is 92.7 cm³/mol. The van der Waals surface area contributed by atoms with Crippen LogP contribution in [0.3, 0.4) is 0 Å². The van der Waals surface area contributed by atoms with E-state index in [1.807, 2.05) is 0 Å². The van der Waals surface area contributed by atoms with Crippen molar-refractivity contribution in [1.29, 1.82) is 0 Å². The molecule has 0 unspecified atom stereocenters. The number of hydrogen-bond donors (Lipinski definition) is 1. The van der Waals surface area contributed by atoms with Crippen molar-refractivity contribution >= 4 is 17.3 Å². The lowest BCUT2D eigenvalue weighted by atomic mass is 9.93. The van der Waals surface area contributed by atoms with Crippen molar-refractivity contribution in [2.75, 3.05) is 13.1 Å². The van der Waals surface area contributed by atoms with Gasteiger partial charge in [-0.15, -0.1) is 11.3 Å². The second-order valence-electron chi connectivity index (χ2n) is 7.21. The van der Waals surface area contributed by atoms with E-state index in [9.17, 15) is 4.79 Å². The Balaban J connectivity index is 1.64. The van der Waals surface area contributed by atoms with Crippen LogP contribution in [0, 0.1) is 5.92 Å². The normalized spacial score (nSPS) is 16.3. The number of benzene rings is 1. The van der Waals surface area contributed by atoms with Crippen LogP contribution in [0.15, 0.2) is 29.6 Å². The first-order valence-electron chi connectivity index (χ1n) is 7.83. The molecule has 1 aliphatic rings. The SMILES string of the molecule is CC(C)(C)c1csc(-c2ccc(CN3CC(C(=O)O)C3)cc2)n1. The highest BCUT2D eigenvalue weighted by molar-refractivity contribution is 7.13. The van der Waals surface area contributed by atoms with Gasteiger partial charge in [0.2, 0.25) is 0 Å². The van der Waals surface area contributed by atoms with Crippen molar-refractivity contribution in [3.63, 3.8) is 0 Å². The smallest absolute Gasteiger partial charge is 0.309 e. The zero-order valence-electron chi connectivity index (χ0n) is 13.7. The van der Waals surface area contributed by atoms with Crippen LogP contribution in [0.25, 0.3) is 10.6 Å². The minimum Gasteiger partial charge on any atom is -0.481 e. The average Bonchev–Trinajstić information content (AvgIpc) is 2.92. The van der Waals surface area contributed by atoms with Gasteiger partial charge in [-0.1, -0.05) is 45.0 Å². The summed E-state index contributed by atoms with van der Waals surface area (Å²) in [5.41, 5.74) is 3.56. The van der Waals surface area contributed by atoms with E-state index < -0.39 is 5.97 Å². The van der Waals surface area contributed by atoms with Crippen molar-refractivity contribution in [3.8, 4) is 10.6 Å². The number of thiazole rings is 1. The molecular formula is C18H22N2O2S. The lowest BCUT2D eigenvalue weighted by Gasteiger charge is -2.36. The summed E-state index contributed by atoms with van der Waals surface area (Å²) in [6.45, 7) is 8.64. The van der Waals surface area contributed by atoms with E-state index in [1.165, 1.54) is 5.56 Å². The standard InChI is InChI=1S/C18H22N2O2S/c1-18(2,3)15-11-23-16(19-15)13-6-4-12(5-7-13)8-20-9-14(10-20)17(21)22/h4-7,11,14H,8-10H2,1-3H3,(H,21,22). The highest BCUT2D eigenvalue weighted by Crippen LogP contribution is 2.30. The van der Waals surface area contributed by atoms with Crippen LogP contribution in [-0.2, 0) is 16.8 Å². The largest absolute Gasteiger partial charge is 0.481 e. The van der Waals surface area contributed by atoms with Gasteiger partial charge in [0.15, 0.2) is 0 Å². The number of aliphatic carboxylic acids is 1. The second-order valence-corrected chi connectivity index (χ2v) is 8.07. The topological polar surface area (TPSA) is 53.4 Å². The zero-order chi connectivity index (χ0) is 16.6. The Bertz CT molecular complexity index is 695. The number of carboxylic acid groups (broad SMARTS) is 1. The molecule has 2 heterocycles. The van der Waals surface area contributed by atoms with E-state index >= 15 is 0 Å². The number of rotatable bonds is 4. The summed E-state index contributed by atoms with van der Waals surface area (Å²) in [6, 6.07) is 8.44. The van der Waals surface area contributed by atoms with Crippen molar-refractivity contribution in [2.45, 2.75) is 32.7 Å². The molecule has 5 heteroatoms. The van der Waals surface area contributed by atoms with Crippen molar-refractivity contribution in [2.24, 2.45) is 5.92 Å². The third kappa shape index (κ3) is 3.62. The van der Waals surface area contributed by atoms with Gasteiger partial charge in [-0.3, -0.25) is 9.69 Å². The fourth-order valence-electron chi connectivity index (χ4n) is 2.62. The summed E-state index contributed by atoms with van der Waals surface area (Å²) >= 11 is 1.68. The van der Waals surface area contributed by atoms with Crippen LogP contribution in [0.4, 0.5) is 0 Å². The van der Waals surface area contributed by atoms with E-state index in [-0.39, 0.29) is 11.3 Å². The summed E-state index contributed by atoms with van der Waals surface area (Å²) < 4.78 is 0. The van der Waals surface area contributed by atoms with E-state index in [0.717, 1.165) is 22.8 Å². The van der Waals surface area contributed by atoms with Gasteiger partial charge >= 0.3 is 5.97 Å². The molecule has 0 radical (unpaired) electrons. The number of aromatic nitrogens is 1. The molecule has 0 bridgehead atoms. The maximum Gasteiger partial charge on any atom is 0.309 e. The molecule has 1 aromatic carbocycles. The van der Waals surface area contributed by atoms with Crippen molar-refractivity contribution < 1.29 is 9.90 Å². The minimum atomic E-state index is -0.685. The zero-order valence-corrected chi connectivity index (χ0v) is 14.6. The first-order valence-corrected chi connectivity index (χ1v) is 8.71. The minimum absolute atomic E-state index is 0.0763. The van der Waals surface area contributed by atoms with Gasteiger partial charge in [0.05, 0.1) is 11.6 Å². The number of likely N-dealkylation sites (tertiary alicyclic amines) is 1. The highest BCUT2D eigenvalue weighted by atomic mass is 32.1. The van der Waals surface area contributed by atoms with E-state index in [4.69, 9.17) is 10.1 Å². The second kappa shape index (κ2) is 6.06. The molecule has 1 N–H and O–H groups in total. The molecule has 3 rings (SSSR count). The molecule has 122 valence electrons. The highest BCUT2D eigenvalue weighted by Gasteiger charge is 2.32. The lowest BCUT2D eigenvalue weighted by Crippen LogP contribution is -2.49. The van der Waals surface area contributed by atoms with Crippen molar-refractivity contribution in [3.05, 3.63) is 40.9 Å². The summed E-state index contributed by atoms with van der Waals surface area (Å²) in [5.74, 6) is -0.879. The van der Waals surface area contributed by atoms with Gasteiger partial charge in [0, 0.05) is 36.0 Å². The van der Waals surface area contributed by atoms with E-state index in [1.54, 1.807) is 11.3 Å². The Morgan fingerprint density at radius 3 is 2.48 bits per heavy atom. The number of hydrogen-bond acceptors (Lipinski definition) is 4. The van der Waals surface area contributed by atoms with Crippen LogP contribution in [0.1, 0.15) is 32.0 Å². The quantitative estimate of drug-likeness (QED) is 0.930. The monoisotopic (exact) mass is 330 g/mol. The fraction of sp³-hybridized carbons (Fsp3) is 0.444. The molecule has 2 aromatic rings. The van der Waals surface area contributed by atoms with Crippen LogP contribution in [-0.4, -0.2) is 34.0 Å². The maximum absolute atomic E-state index is 10.8. The maximum atomic E-state index is 10.8. The summed E-state index contributed by atoms with van der Waals surface area (Å²) in [6.07, 6.45) is 0. The van der Waals surface area contributed by atoms with Crippen LogP contribution in [0.2, 0.25) is 0 Å². The molecule has 0 saturated carbocycles. The van der Waals surface area contributed by atoms with Gasteiger partial charge in [0.25, 0.3) is 0 Å². The number of carbonyl (C=O) groups is 1. The molecule has 4 nitrogen and oxygen atoms in total. The number of nitrogens with zero attached hydrogens (tertiary/aromatic N) is 2. The summed E-state index contributed by atoms with van der Waals surface area (Å²) in [4.78, 5) is 17.7. The third-order valence-corrected chi connectivity index (χ3v) is 5.08. The van der Waals surface area contributed by atoms with Gasteiger partial charge in [0.1, 0.15) is 5.01 Å². The van der Waals surface area contributed by atoms with Crippen LogP contribution >= 0.6 is 11.3 Å². The van der Waals surface area contributed by atoms with Gasteiger partial charge in [-0.2, -0.15) is 0 Å². The lowest BCUT2D eigenvalue weighted by molar-refractivity contribution is -0.147. The molecule has 0 spiro atoms. The molecule has 0 aliphatic carbocycles. The molecule has 1 aromatic heterocycles. The number of carboxylic acids is 1. The molecular weight excluding hydrogens is 308 g/mol. The Hall–Kier alpha value is -1.72. The Kier molecular flexibility index (Phi) is 4.25.